The van der Waals surface area contributed by atoms with Crippen LogP contribution in [0.3, 0.4) is 0 Å². The Hall–Kier alpha value is -2.67. The largest absolute Gasteiger partial charge is 0.496 e. The van der Waals surface area contributed by atoms with Crippen LogP contribution >= 0.6 is 0 Å². The molecule has 25 heavy (non-hydrogen) atoms. The second-order valence-electron chi connectivity index (χ2n) is 5.78. The number of hydrogen-bond donors (Lipinski definition) is 0. The molecule has 5 nitrogen and oxygen atoms in total. The lowest BCUT2D eigenvalue weighted by atomic mass is 9.99. The fourth-order valence-corrected chi connectivity index (χ4v) is 3.43. The molecule has 0 radical (unpaired) electrons. The Kier molecular flexibility index (Phi) is 4.12. The lowest BCUT2D eigenvalue weighted by molar-refractivity contribution is 0.416. The van der Waals surface area contributed by atoms with Crippen LogP contribution in [0.4, 0.5) is 4.39 Å². The number of rotatable bonds is 3. The standard InChI is InChI=1S/C18H16FNO4S/c1-20-10-16(13-6-4-11(19)8-15(13)18(20)21)14-9-12(25(3,22)23)5-7-17(14)24-2/h4-10H,1-3H3. The molecule has 0 aliphatic heterocycles. The molecule has 0 aliphatic carbocycles. The third kappa shape index (κ3) is 3.02. The van der Waals surface area contributed by atoms with Crippen LogP contribution in [0.1, 0.15) is 0 Å². The summed E-state index contributed by atoms with van der Waals surface area (Å²) in [7, 11) is -0.387. The van der Waals surface area contributed by atoms with E-state index in [-0.39, 0.29) is 15.8 Å². The maximum absolute atomic E-state index is 13.6. The van der Waals surface area contributed by atoms with Crippen LogP contribution in [-0.2, 0) is 16.9 Å². The van der Waals surface area contributed by atoms with Gasteiger partial charge < -0.3 is 9.30 Å². The van der Waals surface area contributed by atoms with Crippen molar-refractivity contribution in [2.75, 3.05) is 13.4 Å². The average molecular weight is 361 g/mol. The van der Waals surface area contributed by atoms with Gasteiger partial charge in [0, 0.05) is 30.6 Å². The summed E-state index contributed by atoms with van der Waals surface area (Å²) in [4.78, 5) is 12.4. The molecule has 1 aromatic heterocycles. The Bertz CT molecular complexity index is 1150. The molecule has 130 valence electrons. The van der Waals surface area contributed by atoms with Crippen LogP contribution in [0.2, 0.25) is 0 Å². The molecule has 0 saturated heterocycles. The second-order valence-corrected chi connectivity index (χ2v) is 7.80. The van der Waals surface area contributed by atoms with E-state index in [4.69, 9.17) is 4.74 Å². The predicted octanol–water partition coefficient (Wildman–Crippen LogP) is 2.76. The van der Waals surface area contributed by atoms with E-state index in [2.05, 4.69) is 0 Å². The monoisotopic (exact) mass is 361 g/mol. The molecule has 0 aliphatic rings. The summed E-state index contributed by atoms with van der Waals surface area (Å²) in [5, 5.41) is 0.736. The minimum Gasteiger partial charge on any atom is -0.496 e. The van der Waals surface area contributed by atoms with E-state index in [1.54, 1.807) is 19.3 Å². The van der Waals surface area contributed by atoms with E-state index in [1.807, 2.05) is 0 Å². The van der Waals surface area contributed by atoms with Gasteiger partial charge in [0.15, 0.2) is 9.84 Å². The summed E-state index contributed by atoms with van der Waals surface area (Å²) < 4.78 is 44.1. The van der Waals surface area contributed by atoms with Crippen LogP contribution < -0.4 is 10.3 Å². The van der Waals surface area contributed by atoms with Crippen LogP contribution in [-0.4, -0.2) is 26.4 Å². The first-order chi connectivity index (χ1) is 11.7. The zero-order valence-corrected chi connectivity index (χ0v) is 14.7. The SMILES string of the molecule is COc1ccc(S(C)(=O)=O)cc1-c1cn(C)c(=O)c2cc(F)ccc12. The molecule has 1 heterocycles. The van der Waals surface area contributed by atoms with Gasteiger partial charge in [-0.1, -0.05) is 6.07 Å². The highest BCUT2D eigenvalue weighted by atomic mass is 32.2. The molecule has 0 bridgehead atoms. The van der Waals surface area contributed by atoms with E-state index in [1.165, 1.54) is 42.0 Å². The summed E-state index contributed by atoms with van der Waals surface area (Å²) in [6.07, 6.45) is 2.71. The lowest BCUT2D eigenvalue weighted by Gasteiger charge is -2.14. The number of aromatic nitrogens is 1. The number of nitrogens with zero attached hydrogens (tertiary/aromatic N) is 1. The Balaban J connectivity index is 2.45. The number of fused-ring (bicyclic) bond motifs is 1. The van der Waals surface area contributed by atoms with Crippen LogP contribution in [0.15, 0.2) is 52.3 Å². The van der Waals surface area contributed by atoms with Crippen molar-refractivity contribution >= 4 is 20.6 Å². The van der Waals surface area contributed by atoms with Crippen molar-refractivity contribution in [3.05, 3.63) is 58.8 Å². The molecule has 0 fully saturated rings. The van der Waals surface area contributed by atoms with Crippen molar-refractivity contribution < 1.29 is 17.5 Å². The molecule has 0 spiro atoms. The molecule has 3 aromatic rings. The van der Waals surface area contributed by atoms with E-state index >= 15 is 0 Å². The first-order valence-electron chi connectivity index (χ1n) is 7.39. The minimum atomic E-state index is -3.42. The molecular formula is C18H16FNO4S. The van der Waals surface area contributed by atoms with Gasteiger partial charge in [0.25, 0.3) is 5.56 Å². The quantitative estimate of drug-likeness (QED) is 0.720. The van der Waals surface area contributed by atoms with E-state index in [9.17, 15) is 17.6 Å². The number of pyridine rings is 1. The number of methoxy groups -OCH3 is 1. The number of halogens is 1. The molecule has 3 rings (SSSR count). The molecule has 0 atom stereocenters. The highest BCUT2D eigenvalue weighted by molar-refractivity contribution is 7.90. The smallest absolute Gasteiger partial charge is 0.258 e. The number of ether oxygens (including phenoxy) is 1. The summed E-state index contributed by atoms with van der Waals surface area (Å²) in [6.45, 7) is 0. The Morgan fingerprint density at radius 1 is 1.04 bits per heavy atom. The van der Waals surface area contributed by atoms with Gasteiger partial charge in [-0.15, -0.1) is 0 Å². The van der Waals surface area contributed by atoms with Gasteiger partial charge in [-0.2, -0.15) is 0 Å². The van der Waals surface area contributed by atoms with Crippen molar-refractivity contribution in [1.29, 1.82) is 0 Å². The van der Waals surface area contributed by atoms with Gasteiger partial charge in [0.1, 0.15) is 11.6 Å². The molecule has 0 saturated carbocycles. The van der Waals surface area contributed by atoms with Crippen molar-refractivity contribution in [3.8, 4) is 16.9 Å². The zero-order chi connectivity index (χ0) is 18.4. The van der Waals surface area contributed by atoms with Crippen LogP contribution in [0.25, 0.3) is 21.9 Å². The van der Waals surface area contributed by atoms with E-state index in [0.29, 0.717) is 22.3 Å². The Labute approximate surface area is 144 Å². The zero-order valence-electron chi connectivity index (χ0n) is 13.9. The highest BCUT2D eigenvalue weighted by Crippen LogP contribution is 2.35. The van der Waals surface area contributed by atoms with Gasteiger partial charge in [-0.25, -0.2) is 12.8 Å². The van der Waals surface area contributed by atoms with E-state index in [0.717, 1.165) is 6.26 Å². The lowest BCUT2D eigenvalue weighted by Crippen LogP contribution is -2.16. The number of aryl methyl sites for hydroxylation is 1. The highest BCUT2D eigenvalue weighted by Gasteiger charge is 2.17. The van der Waals surface area contributed by atoms with Crippen LogP contribution in [0.5, 0.6) is 5.75 Å². The summed E-state index contributed by atoms with van der Waals surface area (Å²) in [5.41, 5.74) is 0.758. The predicted molar refractivity (Wildman–Crippen MR) is 94.2 cm³/mol. The summed E-state index contributed by atoms with van der Waals surface area (Å²) >= 11 is 0. The normalized spacial score (nSPS) is 11.7. The Morgan fingerprint density at radius 2 is 1.76 bits per heavy atom. The number of sulfone groups is 1. The van der Waals surface area contributed by atoms with Crippen molar-refractivity contribution in [3.63, 3.8) is 0 Å². The second kappa shape index (κ2) is 6.00. The molecule has 0 amide bonds. The third-order valence-electron chi connectivity index (χ3n) is 4.03. The maximum Gasteiger partial charge on any atom is 0.258 e. The molecule has 0 unspecified atom stereocenters. The van der Waals surface area contributed by atoms with Crippen molar-refractivity contribution in [2.45, 2.75) is 4.90 Å². The number of benzene rings is 2. The van der Waals surface area contributed by atoms with Gasteiger partial charge in [0.2, 0.25) is 0 Å². The molecule has 2 aromatic carbocycles. The van der Waals surface area contributed by atoms with Gasteiger partial charge in [-0.05, 0) is 35.7 Å². The fourth-order valence-electron chi connectivity index (χ4n) is 2.78. The van der Waals surface area contributed by atoms with Gasteiger partial charge in [0.05, 0.1) is 17.4 Å². The third-order valence-corrected chi connectivity index (χ3v) is 5.14. The fraction of sp³-hybridized carbons (Fsp3) is 0.167. The maximum atomic E-state index is 13.6. The van der Waals surface area contributed by atoms with Gasteiger partial charge in [-0.3, -0.25) is 4.79 Å². The minimum absolute atomic E-state index is 0.132. The molecule has 7 heteroatoms. The van der Waals surface area contributed by atoms with Crippen molar-refractivity contribution in [2.24, 2.45) is 7.05 Å². The van der Waals surface area contributed by atoms with Crippen molar-refractivity contribution in [1.82, 2.24) is 4.57 Å². The van der Waals surface area contributed by atoms with E-state index < -0.39 is 15.7 Å². The van der Waals surface area contributed by atoms with Gasteiger partial charge >= 0.3 is 0 Å². The number of hydrogen-bond acceptors (Lipinski definition) is 4. The average Bonchev–Trinajstić information content (AvgIpc) is 2.57. The first-order valence-corrected chi connectivity index (χ1v) is 9.29. The summed E-state index contributed by atoms with van der Waals surface area (Å²) in [5.74, 6) is -0.0599. The van der Waals surface area contributed by atoms with Crippen LogP contribution in [0, 0.1) is 5.82 Å². The molecular weight excluding hydrogens is 345 g/mol. The topological polar surface area (TPSA) is 65.4 Å². The molecule has 0 N–H and O–H groups in total. The first kappa shape index (κ1) is 17.2. The summed E-state index contributed by atoms with van der Waals surface area (Å²) in [6, 6.07) is 8.46. The Morgan fingerprint density at radius 3 is 2.40 bits per heavy atom.